The van der Waals surface area contributed by atoms with Crippen LogP contribution in [-0.4, -0.2) is 48.9 Å². The van der Waals surface area contributed by atoms with E-state index in [1.807, 2.05) is 10.2 Å². The highest BCUT2D eigenvalue weighted by molar-refractivity contribution is 5.94. The maximum atomic E-state index is 11.9. The Labute approximate surface area is 119 Å². The number of rotatable bonds is 6. The molecule has 0 aromatic rings. The average molecular weight is 284 g/mol. The second kappa shape index (κ2) is 8.52. The fraction of sp³-hybridized carbons (Fsp3) is 0.769. The van der Waals surface area contributed by atoms with E-state index >= 15 is 0 Å². The second-order valence-electron chi connectivity index (χ2n) is 5.11. The highest BCUT2D eigenvalue weighted by atomic mass is 16.2. The highest BCUT2D eigenvalue weighted by Gasteiger charge is 2.25. The standard InChI is InChI=1S/C13H24N4O3/c1-2-3-6-15-12(19)10-4-7-17(8-5-10)9-11(18)16-13(14)20/h10H,2-9H2,1H3,(H,15,19)(H3,14,16,18,20). The number of hydrogen-bond donors (Lipinski definition) is 3. The van der Waals surface area contributed by atoms with Crippen molar-refractivity contribution in [3.8, 4) is 0 Å². The first-order chi connectivity index (χ1) is 9.52. The summed E-state index contributed by atoms with van der Waals surface area (Å²) in [4.78, 5) is 35.7. The molecule has 0 atom stereocenters. The van der Waals surface area contributed by atoms with Crippen molar-refractivity contribution < 1.29 is 14.4 Å². The molecule has 4 amide bonds. The van der Waals surface area contributed by atoms with Crippen LogP contribution in [0, 0.1) is 5.92 Å². The fourth-order valence-electron chi connectivity index (χ4n) is 2.27. The van der Waals surface area contributed by atoms with Gasteiger partial charge in [0, 0.05) is 12.5 Å². The number of unbranched alkanes of at least 4 members (excludes halogenated alkanes) is 1. The van der Waals surface area contributed by atoms with Crippen LogP contribution in [0.3, 0.4) is 0 Å². The SMILES string of the molecule is CCCCNC(=O)C1CCN(CC(=O)NC(N)=O)CC1. The molecule has 1 aliphatic heterocycles. The van der Waals surface area contributed by atoms with Crippen molar-refractivity contribution in [1.29, 1.82) is 0 Å². The van der Waals surface area contributed by atoms with Gasteiger partial charge < -0.3 is 11.1 Å². The Morgan fingerprint density at radius 1 is 1.25 bits per heavy atom. The second-order valence-corrected chi connectivity index (χ2v) is 5.11. The molecule has 7 heteroatoms. The number of nitrogens with one attached hydrogen (secondary N) is 2. The molecule has 1 fully saturated rings. The molecule has 0 aliphatic carbocycles. The van der Waals surface area contributed by atoms with Gasteiger partial charge in [-0.1, -0.05) is 13.3 Å². The minimum Gasteiger partial charge on any atom is -0.356 e. The Balaban J connectivity index is 2.24. The molecule has 1 heterocycles. The van der Waals surface area contributed by atoms with E-state index in [1.54, 1.807) is 0 Å². The van der Waals surface area contributed by atoms with E-state index in [4.69, 9.17) is 5.73 Å². The van der Waals surface area contributed by atoms with Crippen LogP contribution in [0.15, 0.2) is 0 Å². The zero-order valence-electron chi connectivity index (χ0n) is 12.0. The Bertz CT molecular complexity index is 352. The smallest absolute Gasteiger partial charge is 0.318 e. The van der Waals surface area contributed by atoms with Crippen molar-refractivity contribution in [1.82, 2.24) is 15.5 Å². The van der Waals surface area contributed by atoms with E-state index in [0.29, 0.717) is 13.1 Å². The zero-order chi connectivity index (χ0) is 15.0. The summed E-state index contributed by atoms with van der Waals surface area (Å²) in [6.07, 6.45) is 3.54. The lowest BCUT2D eigenvalue weighted by atomic mass is 9.96. The van der Waals surface area contributed by atoms with Gasteiger partial charge in [-0.25, -0.2) is 4.79 Å². The van der Waals surface area contributed by atoms with Crippen LogP contribution in [0.25, 0.3) is 0 Å². The highest BCUT2D eigenvalue weighted by Crippen LogP contribution is 2.16. The number of nitrogens with zero attached hydrogens (tertiary/aromatic N) is 1. The summed E-state index contributed by atoms with van der Waals surface area (Å²) < 4.78 is 0. The topological polar surface area (TPSA) is 105 Å². The van der Waals surface area contributed by atoms with Gasteiger partial charge in [0.1, 0.15) is 0 Å². The number of hydrogen-bond acceptors (Lipinski definition) is 4. The van der Waals surface area contributed by atoms with Crippen molar-refractivity contribution in [2.45, 2.75) is 32.6 Å². The number of nitrogens with two attached hydrogens (primary N) is 1. The summed E-state index contributed by atoms with van der Waals surface area (Å²) in [6.45, 7) is 4.32. The number of urea groups is 1. The first kappa shape index (κ1) is 16.4. The van der Waals surface area contributed by atoms with E-state index in [2.05, 4.69) is 12.2 Å². The summed E-state index contributed by atoms with van der Waals surface area (Å²) in [5, 5.41) is 4.97. The van der Waals surface area contributed by atoms with E-state index in [9.17, 15) is 14.4 Å². The zero-order valence-corrected chi connectivity index (χ0v) is 12.0. The van der Waals surface area contributed by atoms with Crippen LogP contribution < -0.4 is 16.4 Å². The maximum absolute atomic E-state index is 11.9. The van der Waals surface area contributed by atoms with Gasteiger partial charge in [0.25, 0.3) is 0 Å². The number of likely N-dealkylation sites (tertiary alicyclic amines) is 1. The van der Waals surface area contributed by atoms with E-state index < -0.39 is 11.9 Å². The molecule has 0 spiro atoms. The third kappa shape index (κ3) is 6.01. The first-order valence-corrected chi connectivity index (χ1v) is 7.12. The van der Waals surface area contributed by atoms with Crippen LogP contribution in [0.1, 0.15) is 32.6 Å². The molecule has 7 nitrogen and oxygen atoms in total. The predicted octanol–water partition coefficient (Wildman–Crippen LogP) is -0.190. The van der Waals surface area contributed by atoms with Gasteiger partial charge in [-0.15, -0.1) is 0 Å². The summed E-state index contributed by atoms with van der Waals surface area (Å²) in [5.41, 5.74) is 4.88. The molecular weight excluding hydrogens is 260 g/mol. The van der Waals surface area contributed by atoms with Gasteiger partial charge in [0.15, 0.2) is 0 Å². The molecule has 0 aromatic carbocycles. The van der Waals surface area contributed by atoms with Gasteiger partial charge in [-0.05, 0) is 32.4 Å². The molecule has 4 N–H and O–H groups in total. The average Bonchev–Trinajstić information content (AvgIpc) is 2.38. The lowest BCUT2D eigenvalue weighted by molar-refractivity contribution is -0.126. The van der Waals surface area contributed by atoms with E-state index in [1.165, 1.54) is 0 Å². The Morgan fingerprint density at radius 3 is 2.45 bits per heavy atom. The summed E-state index contributed by atoms with van der Waals surface area (Å²) in [6, 6.07) is -0.833. The number of primary amides is 1. The first-order valence-electron chi connectivity index (χ1n) is 7.12. The molecule has 20 heavy (non-hydrogen) atoms. The lowest BCUT2D eigenvalue weighted by Crippen LogP contribution is -2.46. The third-order valence-electron chi connectivity index (χ3n) is 3.42. The Kier molecular flexibility index (Phi) is 7.00. The largest absolute Gasteiger partial charge is 0.356 e. The summed E-state index contributed by atoms with van der Waals surface area (Å²) >= 11 is 0. The summed E-state index contributed by atoms with van der Waals surface area (Å²) in [5.74, 6) is -0.259. The van der Waals surface area contributed by atoms with Crippen LogP contribution in [0.5, 0.6) is 0 Å². The molecule has 0 saturated carbocycles. The monoisotopic (exact) mass is 284 g/mol. The van der Waals surface area contributed by atoms with Crippen LogP contribution in [0.4, 0.5) is 4.79 Å². The number of carbonyl (C=O) groups excluding carboxylic acids is 3. The van der Waals surface area contributed by atoms with E-state index in [0.717, 1.165) is 32.2 Å². The Hall–Kier alpha value is -1.63. The maximum Gasteiger partial charge on any atom is 0.318 e. The van der Waals surface area contributed by atoms with Crippen molar-refractivity contribution in [3.05, 3.63) is 0 Å². The summed E-state index contributed by atoms with van der Waals surface area (Å²) in [7, 11) is 0. The molecular formula is C13H24N4O3. The minimum atomic E-state index is -0.833. The van der Waals surface area contributed by atoms with Gasteiger partial charge in [-0.2, -0.15) is 0 Å². The lowest BCUT2D eigenvalue weighted by Gasteiger charge is -2.30. The van der Waals surface area contributed by atoms with E-state index in [-0.39, 0.29) is 18.4 Å². The molecule has 1 aliphatic rings. The molecule has 1 rings (SSSR count). The molecule has 0 bridgehead atoms. The van der Waals surface area contributed by atoms with Crippen LogP contribution in [0.2, 0.25) is 0 Å². The normalized spacial score (nSPS) is 16.6. The number of carbonyl (C=O) groups is 3. The number of imide groups is 1. The predicted molar refractivity (Wildman–Crippen MR) is 74.8 cm³/mol. The van der Waals surface area contributed by atoms with Crippen molar-refractivity contribution in [2.24, 2.45) is 11.7 Å². The van der Waals surface area contributed by atoms with Crippen molar-refractivity contribution in [2.75, 3.05) is 26.2 Å². The van der Waals surface area contributed by atoms with Gasteiger partial charge in [0.2, 0.25) is 11.8 Å². The third-order valence-corrected chi connectivity index (χ3v) is 3.42. The molecule has 0 unspecified atom stereocenters. The fourth-order valence-corrected chi connectivity index (χ4v) is 2.27. The molecule has 114 valence electrons. The number of piperidine rings is 1. The van der Waals surface area contributed by atoms with Crippen molar-refractivity contribution >= 4 is 17.8 Å². The molecule has 0 radical (unpaired) electrons. The van der Waals surface area contributed by atoms with Crippen LogP contribution >= 0.6 is 0 Å². The quantitative estimate of drug-likeness (QED) is 0.588. The van der Waals surface area contributed by atoms with Gasteiger partial charge in [-0.3, -0.25) is 19.8 Å². The minimum absolute atomic E-state index is 0.0299. The van der Waals surface area contributed by atoms with Gasteiger partial charge >= 0.3 is 6.03 Å². The Morgan fingerprint density at radius 2 is 1.90 bits per heavy atom. The van der Waals surface area contributed by atoms with Gasteiger partial charge in [0.05, 0.1) is 6.54 Å². The molecule has 1 saturated heterocycles. The number of amides is 4. The van der Waals surface area contributed by atoms with Crippen LogP contribution in [-0.2, 0) is 9.59 Å². The van der Waals surface area contributed by atoms with Crippen molar-refractivity contribution in [3.63, 3.8) is 0 Å². The molecule has 0 aromatic heterocycles.